The van der Waals surface area contributed by atoms with Crippen LogP contribution in [-0.2, 0) is 17.8 Å². The number of rotatable bonds is 6. The minimum Gasteiger partial charge on any atom is -0.467 e. The van der Waals surface area contributed by atoms with Crippen LogP contribution in [0.3, 0.4) is 0 Å². The first kappa shape index (κ1) is 20.9. The number of nitrogens with zero attached hydrogens (tertiary/aromatic N) is 2. The Hall–Kier alpha value is -1.86. The Balaban J connectivity index is 1.63. The molecule has 0 aliphatic carbocycles. The van der Waals surface area contributed by atoms with E-state index in [1.807, 2.05) is 0 Å². The maximum Gasteiger partial charge on any atom is 0.191 e. The van der Waals surface area contributed by atoms with Gasteiger partial charge in [0, 0.05) is 43.8 Å². The minimum absolute atomic E-state index is 0.213. The standard InChI is InChI=1S/C21H33FN4O2/c1-5-23-21(25-19-11-26(14(2)3)10-15(19)4)24-7-6-16-8-18(22)9-17-12-27-13-28-20(16)17/h8-9,14-15,19H,5-7,10-13H2,1-4H3,(H2,23,24,25). The summed E-state index contributed by atoms with van der Waals surface area (Å²) < 4.78 is 24.7. The van der Waals surface area contributed by atoms with Gasteiger partial charge in [0.25, 0.3) is 0 Å². The first-order valence-corrected chi connectivity index (χ1v) is 10.3. The molecule has 3 rings (SSSR count). The lowest BCUT2D eigenvalue weighted by molar-refractivity contribution is -0.0172. The van der Waals surface area contributed by atoms with Gasteiger partial charge in [0.15, 0.2) is 12.8 Å². The number of halogens is 1. The fraction of sp³-hybridized carbons (Fsp3) is 0.667. The van der Waals surface area contributed by atoms with Crippen LogP contribution in [0.5, 0.6) is 5.75 Å². The number of fused-ring (bicyclic) bond motifs is 1. The molecule has 156 valence electrons. The van der Waals surface area contributed by atoms with Crippen LogP contribution >= 0.6 is 0 Å². The van der Waals surface area contributed by atoms with Gasteiger partial charge >= 0.3 is 0 Å². The van der Waals surface area contributed by atoms with Crippen LogP contribution in [0.25, 0.3) is 0 Å². The molecule has 1 fully saturated rings. The van der Waals surface area contributed by atoms with E-state index >= 15 is 0 Å². The number of hydrogen-bond acceptors (Lipinski definition) is 4. The number of ether oxygens (including phenoxy) is 2. The van der Waals surface area contributed by atoms with Crippen molar-refractivity contribution >= 4 is 5.96 Å². The largest absolute Gasteiger partial charge is 0.467 e. The number of nitrogens with one attached hydrogen (secondary N) is 2. The Morgan fingerprint density at radius 1 is 1.36 bits per heavy atom. The van der Waals surface area contributed by atoms with Crippen molar-refractivity contribution in [2.24, 2.45) is 10.9 Å². The third kappa shape index (κ3) is 5.14. The Labute approximate surface area is 167 Å². The molecule has 1 saturated heterocycles. The van der Waals surface area contributed by atoms with Gasteiger partial charge in [-0.3, -0.25) is 9.89 Å². The van der Waals surface area contributed by atoms with Crippen LogP contribution in [0.4, 0.5) is 4.39 Å². The Bertz CT molecular complexity index is 695. The molecule has 2 aliphatic heterocycles. The van der Waals surface area contributed by atoms with E-state index < -0.39 is 0 Å². The number of likely N-dealkylation sites (tertiary alicyclic amines) is 1. The molecule has 6 nitrogen and oxygen atoms in total. The number of benzene rings is 1. The Kier molecular flexibility index (Phi) is 7.13. The molecule has 0 amide bonds. The zero-order chi connectivity index (χ0) is 20.1. The van der Waals surface area contributed by atoms with Gasteiger partial charge in [-0.25, -0.2) is 4.39 Å². The highest BCUT2D eigenvalue weighted by molar-refractivity contribution is 5.80. The molecule has 0 radical (unpaired) electrons. The maximum absolute atomic E-state index is 13.9. The zero-order valence-electron chi connectivity index (χ0n) is 17.4. The quantitative estimate of drug-likeness (QED) is 0.576. The van der Waals surface area contributed by atoms with Crippen LogP contribution < -0.4 is 15.4 Å². The molecule has 7 heteroatoms. The molecule has 1 aromatic carbocycles. The van der Waals surface area contributed by atoms with Crippen molar-refractivity contribution in [1.82, 2.24) is 15.5 Å². The van der Waals surface area contributed by atoms with Crippen molar-refractivity contribution in [2.45, 2.75) is 52.8 Å². The van der Waals surface area contributed by atoms with Crippen LogP contribution in [0, 0.1) is 11.7 Å². The summed E-state index contributed by atoms with van der Waals surface area (Å²) in [5, 5.41) is 6.91. The van der Waals surface area contributed by atoms with Gasteiger partial charge in [-0.15, -0.1) is 0 Å². The van der Waals surface area contributed by atoms with Crippen LogP contribution in [0.15, 0.2) is 17.1 Å². The number of guanidine groups is 1. The van der Waals surface area contributed by atoms with E-state index in [1.54, 1.807) is 6.07 Å². The van der Waals surface area contributed by atoms with Crippen molar-refractivity contribution in [1.29, 1.82) is 0 Å². The molecule has 2 heterocycles. The fourth-order valence-corrected chi connectivity index (χ4v) is 3.84. The smallest absolute Gasteiger partial charge is 0.191 e. The first-order valence-electron chi connectivity index (χ1n) is 10.3. The summed E-state index contributed by atoms with van der Waals surface area (Å²) in [7, 11) is 0. The molecular formula is C21H33FN4O2. The summed E-state index contributed by atoms with van der Waals surface area (Å²) in [5.74, 6) is 1.87. The van der Waals surface area contributed by atoms with Crippen molar-refractivity contribution in [3.05, 3.63) is 29.1 Å². The average Bonchev–Trinajstić information content (AvgIpc) is 3.02. The molecular weight excluding hydrogens is 359 g/mol. The molecule has 0 aromatic heterocycles. The fourth-order valence-electron chi connectivity index (χ4n) is 3.84. The van der Waals surface area contributed by atoms with Crippen molar-refractivity contribution in [2.75, 3.05) is 33.0 Å². The SMILES string of the molecule is CCNC(=NCCc1cc(F)cc2c1OCOC2)NC1CN(C(C)C)CC1C. The number of hydrogen-bond donors (Lipinski definition) is 2. The molecule has 2 N–H and O–H groups in total. The molecule has 0 saturated carbocycles. The summed E-state index contributed by atoms with van der Waals surface area (Å²) >= 11 is 0. The normalized spacial score (nSPS) is 22.9. The highest BCUT2D eigenvalue weighted by Crippen LogP contribution is 2.29. The summed E-state index contributed by atoms with van der Waals surface area (Å²) in [6.45, 7) is 12.9. The third-order valence-electron chi connectivity index (χ3n) is 5.44. The highest BCUT2D eigenvalue weighted by atomic mass is 19.1. The van der Waals surface area contributed by atoms with Crippen LogP contribution in [0.1, 0.15) is 38.8 Å². The van der Waals surface area contributed by atoms with Crippen LogP contribution in [-0.4, -0.2) is 55.9 Å². The topological polar surface area (TPSA) is 58.1 Å². The van der Waals surface area contributed by atoms with E-state index in [9.17, 15) is 4.39 Å². The van der Waals surface area contributed by atoms with Crippen molar-refractivity contribution in [3.63, 3.8) is 0 Å². The van der Waals surface area contributed by atoms with Crippen LogP contribution in [0.2, 0.25) is 0 Å². The second-order valence-corrected chi connectivity index (χ2v) is 7.95. The lowest BCUT2D eigenvalue weighted by atomic mass is 10.1. The first-order chi connectivity index (χ1) is 13.5. The van der Waals surface area contributed by atoms with Gasteiger partial charge in [0.2, 0.25) is 0 Å². The second-order valence-electron chi connectivity index (χ2n) is 7.95. The van der Waals surface area contributed by atoms with E-state index in [1.165, 1.54) is 6.07 Å². The Morgan fingerprint density at radius 2 is 2.18 bits per heavy atom. The lowest BCUT2D eigenvalue weighted by Gasteiger charge is -2.22. The molecule has 0 bridgehead atoms. The van der Waals surface area contributed by atoms with Gasteiger partial charge in [-0.2, -0.15) is 0 Å². The zero-order valence-corrected chi connectivity index (χ0v) is 17.4. The molecule has 1 aromatic rings. The Morgan fingerprint density at radius 3 is 2.89 bits per heavy atom. The molecule has 2 unspecified atom stereocenters. The highest BCUT2D eigenvalue weighted by Gasteiger charge is 2.31. The van der Waals surface area contributed by atoms with E-state index in [2.05, 4.69) is 43.2 Å². The van der Waals surface area contributed by atoms with Gasteiger partial charge < -0.3 is 20.1 Å². The van der Waals surface area contributed by atoms with E-state index in [0.717, 1.165) is 42.5 Å². The predicted octanol–water partition coefficient (Wildman–Crippen LogP) is 2.52. The number of aliphatic imine (C=N–C) groups is 1. The van der Waals surface area contributed by atoms with E-state index in [-0.39, 0.29) is 12.6 Å². The second kappa shape index (κ2) is 9.56. The van der Waals surface area contributed by atoms with Crippen molar-refractivity contribution in [3.8, 4) is 5.75 Å². The monoisotopic (exact) mass is 392 g/mol. The third-order valence-corrected chi connectivity index (χ3v) is 5.44. The van der Waals surface area contributed by atoms with Gasteiger partial charge in [0.05, 0.1) is 6.61 Å². The lowest BCUT2D eigenvalue weighted by Crippen LogP contribution is -2.47. The molecule has 28 heavy (non-hydrogen) atoms. The van der Waals surface area contributed by atoms with Gasteiger partial charge in [-0.1, -0.05) is 6.92 Å². The summed E-state index contributed by atoms with van der Waals surface area (Å²) in [5.41, 5.74) is 1.61. The maximum atomic E-state index is 13.9. The summed E-state index contributed by atoms with van der Waals surface area (Å²) in [6, 6.07) is 3.95. The minimum atomic E-state index is -0.259. The summed E-state index contributed by atoms with van der Waals surface area (Å²) in [6.07, 6.45) is 0.620. The van der Waals surface area contributed by atoms with E-state index in [4.69, 9.17) is 14.5 Å². The van der Waals surface area contributed by atoms with E-state index in [0.29, 0.717) is 37.6 Å². The van der Waals surface area contributed by atoms with Crippen molar-refractivity contribution < 1.29 is 13.9 Å². The molecule has 0 spiro atoms. The van der Waals surface area contributed by atoms with Gasteiger partial charge in [-0.05, 0) is 50.8 Å². The molecule has 2 aliphatic rings. The predicted molar refractivity (Wildman–Crippen MR) is 109 cm³/mol. The average molecular weight is 393 g/mol. The summed E-state index contributed by atoms with van der Waals surface area (Å²) in [4.78, 5) is 7.21. The molecule has 2 atom stereocenters. The van der Waals surface area contributed by atoms with Gasteiger partial charge in [0.1, 0.15) is 11.6 Å².